The quantitative estimate of drug-likeness (QED) is 0.627. The van der Waals surface area contributed by atoms with Gasteiger partial charge in [-0.2, -0.15) is 0 Å². The number of benzene rings is 1. The second-order valence-electron chi connectivity index (χ2n) is 4.49. The molecule has 98 valence electrons. The summed E-state index contributed by atoms with van der Waals surface area (Å²) in [5, 5.41) is 23.8. The molecule has 0 amide bonds. The van der Waals surface area contributed by atoms with E-state index in [9.17, 15) is 15.2 Å². The van der Waals surface area contributed by atoms with E-state index >= 15 is 0 Å². The van der Waals surface area contributed by atoms with Gasteiger partial charge in [-0.1, -0.05) is 0 Å². The lowest BCUT2D eigenvalue weighted by molar-refractivity contribution is -0.384. The van der Waals surface area contributed by atoms with Gasteiger partial charge in [0.2, 0.25) is 0 Å². The van der Waals surface area contributed by atoms with Gasteiger partial charge in [0.05, 0.1) is 10.5 Å². The molecule has 1 aliphatic heterocycles. The number of non-ortho nitro benzene ring substituents is 1. The molecule has 1 saturated heterocycles. The van der Waals surface area contributed by atoms with Crippen LogP contribution in [0.3, 0.4) is 0 Å². The number of ether oxygens (including phenoxy) is 1. The number of aliphatic hydroxyl groups is 1. The van der Waals surface area contributed by atoms with Gasteiger partial charge in [0.1, 0.15) is 0 Å². The van der Waals surface area contributed by atoms with Crippen LogP contribution in [0.2, 0.25) is 0 Å². The summed E-state index contributed by atoms with van der Waals surface area (Å²) in [5.74, 6) is 0. The van der Waals surface area contributed by atoms with Crippen molar-refractivity contribution in [2.75, 3.05) is 25.1 Å². The third kappa shape index (κ3) is 3.18. The fraction of sp³-hybridized carbons (Fsp3) is 0.500. The number of hydrogen-bond acceptors (Lipinski definition) is 5. The van der Waals surface area contributed by atoms with Crippen LogP contribution in [-0.2, 0) is 4.74 Å². The van der Waals surface area contributed by atoms with Crippen molar-refractivity contribution in [3.05, 3.63) is 34.4 Å². The topological polar surface area (TPSA) is 84.6 Å². The Morgan fingerprint density at radius 3 is 2.50 bits per heavy atom. The van der Waals surface area contributed by atoms with Crippen LogP contribution in [-0.4, -0.2) is 35.4 Å². The third-order valence-corrected chi connectivity index (χ3v) is 3.12. The maximum Gasteiger partial charge on any atom is 0.269 e. The molecule has 1 aromatic carbocycles. The standard InChI is InChI=1S/C12H16N2O4/c15-12(5-7-18-8-6-12)9-13-10-1-3-11(4-2-10)14(16)17/h1-4,13,15H,5-9H2. The van der Waals surface area contributed by atoms with E-state index in [0.717, 1.165) is 5.69 Å². The molecule has 1 aromatic rings. The summed E-state index contributed by atoms with van der Waals surface area (Å²) in [6.07, 6.45) is 1.21. The number of nitro benzene ring substituents is 1. The highest BCUT2D eigenvalue weighted by molar-refractivity contribution is 5.48. The molecule has 6 heteroatoms. The normalized spacial score (nSPS) is 18.3. The van der Waals surface area contributed by atoms with Gasteiger partial charge in [0.15, 0.2) is 0 Å². The van der Waals surface area contributed by atoms with E-state index in [1.165, 1.54) is 12.1 Å². The van der Waals surface area contributed by atoms with E-state index < -0.39 is 10.5 Å². The molecule has 18 heavy (non-hydrogen) atoms. The minimum atomic E-state index is -0.750. The molecule has 0 atom stereocenters. The molecule has 0 aromatic heterocycles. The van der Waals surface area contributed by atoms with Crippen LogP contribution in [0.25, 0.3) is 0 Å². The molecule has 1 aliphatic rings. The average molecular weight is 252 g/mol. The summed E-state index contributed by atoms with van der Waals surface area (Å²) in [5.41, 5.74) is 0.0749. The number of nitrogens with zero attached hydrogens (tertiary/aromatic N) is 1. The maximum atomic E-state index is 10.5. The monoisotopic (exact) mass is 252 g/mol. The van der Waals surface area contributed by atoms with Crippen molar-refractivity contribution in [2.24, 2.45) is 0 Å². The molecule has 2 rings (SSSR count). The van der Waals surface area contributed by atoms with Crippen molar-refractivity contribution >= 4 is 11.4 Å². The molecule has 0 bridgehead atoms. The molecule has 0 saturated carbocycles. The zero-order valence-corrected chi connectivity index (χ0v) is 9.96. The van der Waals surface area contributed by atoms with Gasteiger partial charge in [-0.15, -0.1) is 0 Å². The smallest absolute Gasteiger partial charge is 0.269 e. The van der Waals surface area contributed by atoms with Gasteiger partial charge in [0, 0.05) is 50.4 Å². The molecule has 6 nitrogen and oxygen atoms in total. The van der Waals surface area contributed by atoms with Crippen LogP contribution in [0.1, 0.15) is 12.8 Å². The summed E-state index contributed by atoms with van der Waals surface area (Å²) in [6.45, 7) is 1.56. The maximum absolute atomic E-state index is 10.5. The first-order valence-corrected chi connectivity index (χ1v) is 5.88. The number of hydrogen-bond donors (Lipinski definition) is 2. The Bertz CT molecular complexity index is 413. The van der Waals surface area contributed by atoms with Crippen molar-refractivity contribution in [1.82, 2.24) is 0 Å². The number of nitrogens with one attached hydrogen (secondary N) is 1. The second-order valence-corrected chi connectivity index (χ2v) is 4.49. The lowest BCUT2D eigenvalue weighted by Gasteiger charge is -2.32. The van der Waals surface area contributed by atoms with E-state index in [2.05, 4.69) is 5.32 Å². The van der Waals surface area contributed by atoms with Gasteiger partial charge < -0.3 is 15.2 Å². The minimum absolute atomic E-state index is 0.0605. The molecular weight excluding hydrogens is 236 g/mol. The molecule has 2 N–H and O–H groups in total. The summed E-state index contributed by atoms with van der Waals surface area (Å²) < 4.78 is 5.20. The molecule has 0 radical (unpaired) electrons. The molecule has 1 heterocycles. The Morgan fingerprint density at radius 1 is 1.33 bits per heavy atom. The first-order valence-electron chi connectivity index (χ1n) is 5.88. The van der Waals surface area contributed by atoms with Gasteiger partial charge in [-0.05, 0) is 12.1 Å². The van der Waals surface area contributed by atoms with E-state index in [1.807, 2.05) is 0 Å². The van der Waals surface area contributed by atoms with Crippen LogP contribution in [0.5, 0.6) is 0 Å². The van der Waals surface area contributed by atoms with Crippen LogP contribution in [0.4, 0.5) is 11.4 Å². The SMILES string of the molecule is O=[N+]([O-])c1ccc(NCC2(O)CCOCC2)cc1. The fourth-order valence-corrected chi connectivity index (χ4v) is 1.90. The Kier molecular flexibility index (Phi) is 3.78. The van der Waals surface area contributed by atoms with E-state index in [4.69, 9.17) is 4.74 Å². The Hall–Kier alpha value is -1.66. The Labute approximate surface area is 105 Å². The predicted molar refractivity (Wildman–Crippen MR) is 66.6 cm³/mol. The van der Waals surface area contributed by atoms with E-state index in [0.29, 0.717) is 32.6 Å². The van der Waals surface area contributed by atoms with Gasteiger partial charge >= 0.3 is 0 Å². The summed E-state index contributed by atoms with van der Waals surface area (Å²) in [4.78, 5) is 10.1. The highest BCUT2D eigenvalue weighted by Gasteiger charge is 2.29. The average Bonchev–Trinajstić information content (AvgIpc) is 2.38. The summed E-state index contributed by atoms with van der Waals surface area (Å²) in [7, 11) is 0. The van der Waals surface area contributed by atoms with Crippen LogP contribution in [0.15, 0.2) is 24.3 Å². The zero-order chi connectivity index (χ0) is 13.0. The Balaban J connectivity index is 1.91. The van der Waals surface area contributed by atoms with Crippen molar-refractivity contribution in [3.8, 4) is 0 Å². The van der Waals surface area contributed by atoms with Crippen LogP contribution in [0, 0.1) is 10.1 Å². The number of nitro groups is 1. The number of rotatable bonds is 4. The van der Waals surface area contributed by atoms with Crippen molar-refractivity contribution in [3.63, 3.8) is 0 Å². The molecule has 1 fully saturated rings. The van der Waals surface area contributed by atoms with Gasteiger partial charge in [-0.3, -0.25) is 10.1 Å². The lowest BCUT2D eigenvalue weighted by Crippen LogP contribution is -2.42. The minimum Gasteiger partial charge on any atom is -0.388 e. The Morgan fingerprint density at radius 2 is 1.94 bits per heavy atom. The molecular formula is C12H16N2O4. The largest absolute Gasteiger partial charge is 0.388 e. The number of anilines is 1. The summed E-state index contributed by atoms with van der Waals surface area (Å²) in [6, 6.07) is 6.16. The van der Waals surface area contributed by atoms with E-state index in [1.54, 1.807) is 12.1 Å². The second kappa shape index (κ2) is 5.32. The fourth-order valence-electron chi connectivity index (χ4n) is 1.90. The predicted octanol–water partition coefficient (Wildman–Crippen LogP) is 1.55. The molecule has 0 unspecified atom stereocenters. The van der Waals surface area contributed by atoms with Crippen molar-refractivity contribution < 1.29 is 14.8 Å². The van der Waals surface area contributed by atoms with Crippen LogP contribution < -0.4 is 5.32 Å². The first-order chi connectivity index (χ1) is 8.59. The lowest BCUT2D eigenvalue weighted by atomic mass is 9.94. The molecule has 0 spiro atoms. The van der Waals surface area contributed by atoms with Crippen LogP contribution >= 0.6 is 0 Å². The highest BCUT2D eigenvalue weighted by atomic mass is 16.6. The van der Waals surface area contributed by atoms with Gasteiger partial charge in [0.25, 0.3) is 5.69 Å². The first kappa shape index (κ1) is 12.8. The van der Waals surface area contributed by atoms with E-state index in [-0.39, 0.29) is 5.69 Å². The molecule has 0 aliphatic carbocycles. The summed E-state index contributed by atoms with van der Waals surface area (Å²) >= 11 is 0. The highest BCUT2D eigenvalue weighted by Crippen LogP contribution is 2.22. The zero-order valence-electron chi connectivity index (χ0n) is 9.96. The van der Waals surface area contributed by atoms with Crippen molar-refractivity contribution in [2.45, 2.75) is 18.4 Å². The third-order valence-electron chi connectivity index (χ3n) is 3.12. The van der Waals surface area contributed by atoms with Crippen molar-refractivity contribution in [1.29, 1.82) is 0 Å². The van der Waals surface area contributed by atoms with Gasteiger partial charge in [-0.25, -0.2) is 0 Å².